The van der Waals surface area contributed by atoms with E-state index < -0.39 is 17.8 Å². The molecule has 5 nitrogen and oxygen atoms in total. The van der Waals surface area contributed by atoms with E-state index in [0.29, 0.717) is 21.9 Å². The number of benzene rings is 1. The minimum atomic E-state index is -4.67. The quantitative estimate of drug-likeness (QED) is 0.491. The molecule has 168 valence electrons. The maximum absolute atomic E-state index is 13.9. The molecule has 0 spiro atoms. The summed E-state index contributed by atoms with van der Waals surface area (Å²) in [7, 11) is 0. The van der Waals surface area contributed by atoms with Crippen molar-refractivity contribution in [1.29, 1.82) is 0 Å². The number of nitrogens with zero attached hydrogens (tertiary/aromatic N) is 3. The van der Waals surface area contributed by atoms with Crippen LogP contribution in [0.5, 0.6) is 0 Å². The van der Waals surface area contributed by atoms with Crippen LogP contribution in [-0.4, -0.2) is 26.5 Å². The maximum atomic E-state index is 13.9. The van der Waals surface area contributed by atoms with Gasteiger partial charge in [0.25, 0.3) is 5.91 Å². The fourth-order valence-corrected chi connectivity index (χ4v) is 5.90. The van der Waals surface area contributed by atoms with Crippen molar-refractivity contribution in [3.8, 4) is 11.3 Å². The Kier molecular flexibility index (Phi) is 5.27. The zero-order valence-electron chi connectivity index (χ0n) is 17.4. The van der Waals surface area contributed by atoms with Gasteiger partial charge in [0.15, 0.2) is 17.0 Å². The van der Waals surface area contributed by atoms with Crippen LogP contribution in [0.3, 0.4) is 0 Å². The van der Waals surface area contributed by atoms with E-state index in [-0.39, 0.29) is 27.5 Å². The summed E-state index contributed by atoms with van der Waals surface area (Å²) in [4.78, 5) is 17.4. The average Bonchev–Trinajstić information content (AvgIpc) is 3.48. The van der Waals surface area contributed by atoms with Crippen molar-refractivity contribution in [3.63, 3.8) is 0 Å². The van der Waals surface area contributed by atoms with E-state index >= 15 is 0 Å². The summed E-state index contributed by atoms with van der Waals surface area (Å²) in [5.41, 5.74) is -0.417. The molecule has 2 heterocycles. The number of carbonyl (C=O) groups is 1. The van der Waals surface area contributed by atoms with Gasteiger partial charge in [-0.15, -0.1) is 0 Å². The molecule has 1 amide bonds. The third-order valence-corrected chi connectivity index (χ3v) is 7.63. The number of aromatic nitrogens is 3. The molecule has 4 atom stereocenters. The zero-order chi connectivity index (χ0) is 22.6. The van der Waals surface area contributed by atoms with E-state index in [2.05, 4.69) is 31.3 Å². The molecule has 5 rings (SSSR count). The van der Waals surface area contributed by atoms with Gasteiger partial charge in [-0.05, 0) is 65.9 Å². The lowest BCUT2D eigenvalue weighted by Gasteiger charge is -2.28. The number of hydrogen-bond donors (Lipinski definition) is 1. The number of nitrogens with one attached hydrogen (secondary N) is 1. The first-order valence-electron chi connectivity index (χ1n) is 10.7. The minimum Gasteiger partial charge on any atom is -0.348 e. The van der Waals surface area contributed by atoms with Crippen LogP contribution < -0.4 is 5.32 Å². The van der Waals surface area contributed by atoms with Crippen molar-refractivity contribution in [2.75, 3.05) is 0 Å². The smallest absolute Gasteiger partial charge is 0.348 e. The molecule has 1 aromatic carbocycles. The summed E-state index contributed by atoms with van der Waals surface area (Å²) >= 11 is 3.29. The molecule has 3 aromatic rings. The molecule has 0 aliphatic heterocycles. The number of halogens is 4. The molecular weight excluding hydrogens is 485 g/mol. The predicted octanol–water partition coefficient (Wildman–Crippen LogP) is 5.73. The molecule has 32 heavy (non-hydrogen) atoms. The van der Waals surface area contributed by atoms with E-state index in [9.17, 15) is 18.0 Å². The second-order valence-corrected chi connectivity index (χ2v) is 9.68. The van der Waals surface area contributed by atoms with Crippen LogP contribution >= 0.6 is 15.9 Å². The first-order valence-corrected chi connectivity index (χ1v) is 11.5. The number of alkyl halides is 3. The van der Waals surface area contributed by atoms with Gasteiger partial charge in [0.2, 0.25) is 0 Å². The summed E-state index contributed by atoms with van der Waals surface area (Å²) in [5, 5.41) is 6.99. The largest absolute Gasteiger partial charge is 0.433 e. The normalized spacial score (nSPS) is 23.6. The Hall–Kier alpha value is -2.42. The number of rotatable bonds is 4. The lowest BCUT2D eigenvalue weighted by molar-refractivity contribution is -0.142. The Bertz CT molecular complexity index is 1180. The molecule has 1 N–H and O–H groups in total. The second-order valence-electron chi connectivity index (χ2n) is 8.89. The van der Waals surface area contributed by atoms with E-state index in [1.54, 1.807) is 30.3 Å². The van der Waals surface area contributed by atoms with Crippen LogP contribution in [0.4, 0.5) is 13.2 Å². The average molecular weight is 507 g/mol. The summed E-state index contributed by atoms with van der Waals surface area (Å²) in [6.45, 7) is 1.97. The Morgan fingerprint density at radius 2 is 1.97 bits per heavy atom. The number of amides is 1. The molecule has 0 radical (unpaired) electrons. The molecular formula is C23H22BrF3N4O. The zero-order valence-corrected chi connectivity index (χ0v) is 18.9. The van der Waals surface area contributed by atoms with Crippen LogP contribution in [0.15, 0.2) is 40.9 Å². The molecule has 2 aliphatic rings. The molecule has 9 heteroatoms. The van der Waals surface area contributed by atoms with E-state index in [4.69, 9.17) is 0 Å². The predicted molar refractivity (Wildman–Crippen MR) is 117 cm³/mol. The Morgan fingerprint density at radius 1 is 1.22 bits per heavy atom. The van der Waals surface area contributed by atoms with Crippen molar-refractivity contribution < 1.29 is 18.0 Å². The van der Waals surface area contributed by atoms with Gasteiger partial charge in [-0.2, -0.15) is 18.3 Å². The SMILES string of the molecule is C[C@@H](NC(=O)c1nn2c(C(F)(F)F)cc(-c3ccccc3)nc2c1Br)[C@@H]1C[C@@H]2CC[C@@H]1C2. The number of carbonyl (C=O) groups excluding carboxylic acids is 1. The standard InChI is InChI=1S/C23H22BrF3N4O/c1-12(16-10-13-7-8-15(16)9-13)28-22(32)20-19(24)21-29-17(14-5-3-2-4-6-14)11-18(23(25,26)27)31(21)30-20/h2-6,11-13,15-16H,7-10H2,1H3,(H,28,32)/t12-,13-,15-,16+/m1/s1. The minimum absolute atomic E-state index is 0.0450. The fraction of sp³-hybridized carbons (Fsp3) is 0.435. The molecule has 2 aliphatic carbocycles. The molecule has 2 bridgehead atoms. The van der Waals surface area contributed by atoms with Gasteiger partial charge in [-0.1, -0.05) is 36.8 Å². The topological polar surface area (TPSA) is 59.3 Å². The molecule has 2 saturated carbocycles. The fourth-order valence-electron chi connectivity index (χ4n) is 5.38. The summed E-state index contributed by atoms with van der Waals surface area (Å²) in [5.74, 6) is 1.27. The lowest BCUT2D eigenvalue weighted by Crippen LogP contribution is -2.40. The van der Waals surface area contributed by atoms with Crippen LogP contribution in [0.25, 0.3) is 16.9 Å². The van der Waals surface area contributed by atoms with Crippen molar-refractivity contribution in [2.24, 2.45) is 17.8 Å². The third kappa shape index (κ3) is 3.70. The highest BCUT2D eigenvalue weighted by Gasteiger charge is 2.42. The first kappa shape index (κ1) is 21.4. The van der Waals surface area contributed by atoms with Gasteiger partial charge in [-0.25, -0.2) is 9.50 Å². The molecule has 0 saturated heterocycles. The van der Waals surface area contributed by atoms with Crippen molar-refractivity contribution in [3.05, 3.63) is 52.3 Å². The van der Waals surface area contributed by atoms with Crippen LogP contribution in [0.2, 0.25) is 0 Å². The highest BCUT2D eigenvalue weighted by atomic mass is 79.9. The second kappa shape index (κ2) is 7.86. The van der Waals surface area contributed by atoms with E-state index in [1.807, 2.05) is 6.92 Å². The first-order chi connectivity index (χ1) is 15.2. The monoisotopic (exact) mass is 506 g/mol. The van der Waals surface area contributed by atoms with E-state index in [1.165, 1.54) is 19.3 Å². The maximum Gasteiger partial charge on any atom is 0.433 e. The van der Waals surface area contributed by atoms with Crippen molar-refractivity contribution >= 4 is 27.5 Å². The van der Waals surface area contributed by atoms with Crippen LogP contribution in [0.1, 0.15) is 48.8 Å². The summed E-state index contributed by atoms with van der Waals surface area (Å²) in [6.07, 6.45) is 0.0905. The van der Waals surface area contributed by atoms with Gasteiger partial charge in [0.05, 0.1) is 10.2 Å². The molecule has 2 aromatic heterocycles. The van der Waals surface area contributed by atoms with E-state index in [0.717, 1.165) is 18.4 Å². The summed E-state index contributed by atoms with van der Waals surface area (Å²) in [6, 6.07) is 9.51. The van der Waals surface area contributed by atoms with Gasteiger partial charge in [0.1, 0.15) is 0 Å². The summed E-state index contributed by atoms with van der Waals surface area (Å²) < 4.78 is 42.4. The Balaban J connectivity index is 1.51. The highest BCUT2D eigenvalue weighted by Crippen LogP contribution is 2.49. The van der Waals surface area contributed by atoms with Crippen LogP contribution in [0, 0.1) is 17.8 Å². The van der Waals surface area contributed by atoms with Gasteiger partial charge >= 0.3 is 6.18 Å². The lowest BCUT2D eigenvalue weighted by atomic mass is 9.84. The van der Waals surface area contributed by atoms with Gasteiger partial charge < -0.3 is 5.32 Å². The Morgan fingerprint density at radius 3 is 2.59 bits per heavy atom. The van der Waals surface area contributed by atoms with Gasteiger partial charge in [0, 0.05) is 11.6 Å². The number of fused-ring (bicyclic) bond motifs is 3. The third-order valence-electron chi connectivity index (χ3n) is 6.90. The van der Waals surface area contributed by atoms with Gasteiger partial charge in [-0.3, -0.25) is 4.79 Å². The van der Waals surface area contributed by atoms with Crippen molar-refractivity contribution in [1.82, 2.24) is 19.9 Å². The highest BCUT2D eigenvalue weighted by molar-refractivity contribution is 9.10. The Labute approximate surface area is 191 Å². The van der Waals surface area contributed by atoms with Crippen LogP contribution in [-0.2, 0) is 6.18 Å². The number of hydrogen-bond acceptors (Lipinski definition) is 3. The van der Waals surface area contributed by atoms with Crippen molar-refractivity contribution in [2.45, 2.75) is 44.8 Å². The molecule has 2 fully saturated rings. The molecule has 0 unspecified atom stereocenters.